The Morgan fingerprint density at radius 2 is 1.67 bits per heavy atom. The SMILES string of the molecule is CC(C)(C)[Si](C)(C)c1ccc(C=CC(=O)O)cc1. The molecule has 0 atom stereocenters. The molecule has 0 saturated heterocycles. The molecule has 0 bridgehead atoms. The molecule has 0 unspecified atom stereocenters. The van der Waals surface area contributed by atoms with Gasteiger partial charge in [-0.25, -0.2) is 4.79 Å². The van der Waals surface area contributed by atoms with E-state index in [1.54, 1.807) is 6.08 Å². The summed E-state index contributed by atoms with van der Waals surface area (Å²) in [6, 6.07) is 8.27. The van der Waals surface area contributed by atoms with Crippen molar-refractivity contribution in [1.82, 2.24) is 0 Å². The van der Waals surface area contributed by atoms with Crippen molar-refractivity contribution in [3.05, 3.63) is 35.9 Å². The highest BCUT2D eigenvalue weighted by atomic mass is 28.3. The molecule has 3 heteroatoms. The zero-order valence-corrected chi connectivity index (χ0v) is 12.8. The average molecular weight is 262 g/mol. The molecule has 98 valence electrons. The molecule has 0 aromatic heterocycles. The van der Waals surface area contributed by atoms with Gasteiger partial charge in [0.05, 0.1) is 8.07 Å². The molecule has 0 amide bonds. The van der Waals surface area contributed by atoms with E-state index >= 15 is 0 Å². The monoisotopic (exact) mass is 262 g/mol. The molecular weight excluding hydrogens is 240 g/mol. The zero-order chi connectivity index (χ0) is 14.0. The van der Waals surface area contributed by atoms with Gasteiger partial charge in [0, 0.05) is 6.08 Å². The van der Waals surface area contributed by atoms with Crippen LogP contribution in [-0.4, -0.2) is 19.1 Å². The van der Waals surface area contributed by atoms with E-state index in [1.807, 2.05) is 12.1 Å². The van der Waals surface area contributed by atoms with E-state index in [-0.39, 0.29) is 0 Å². The molecule has 0 heterocycles. The molecule has 0 aliphatic carbocycles. The first-order valence-corrected chi connectivity index (χ1v) is 9.16. The van der Waals surface area contributed by atoms with Gasteiger partial charge in [0.1, 0.15) is 0 Å². The Kier molecular flexibility index (Phi) is 4.17. The van der Waals surface area contributed by atoms with E-state index in [9.17, 15) is 4.79 Å². The lowest BCUT2D eigenvalue weighted by Crippen LogP contribution is -2.49. The van der Waals surface area contributed by atoms with Gasteiger partial charge in [0.25, 0.3) is 0 Å². The smallest absolute Gasteiger partial charge is 0.328 e. The van der Waals surface area contributed by atoms with E-state index in [4.69, 9.17) is 5.11 Å². The Hall–Kier alpha value is -1.35. The van der Waals surface area contributed by atoms with Crippen LogP contribution in [0.1, 0.15) is 26.3 Å². The molecule has 1 rings (SSSR count). The molecule has 0 aliphatic heterocycles. The number of benzene rings is 1. The predicted molar refractivity (Wildman–Crippen MR) is 79.9 cm³/mol. The fraction of sp³-hybridized carbons (Fsp3) is 0.400. The van der Waals surface area contributed by atoms with Gasteiger partial charge in [-0.3, -0.25) is 0 Å². The molecule has 0 fully saturated rings. The van der Waals surface area contributed by atoms with Crippen molar-refractivity contribution in [3.8, 4) is 0 Å². The second-order valence-corrected chi connectivity index (χ2v) is 11.5. The van der Waals surface area contributed by atoms with Crippen molar-refractivity contribution >= 4 is 25.3 Å². The number of carbonyl (C=O) groups is 1. The van der Waals surface area contributed by atoms with Gasteiger partial charge in [-0.05, 0) is 16.7 Å². The third-order valence-electron chi connectivity index (χ3n) is 3.93. The maximum absolute atomic E-state index is 10.5. The fourth-order valence-electron chi connectivity index (χ4n) is 1.61. The van der Waals surface area contributed by atoms with Crippen LogP contribution in [0.2, 0.25) is 18.1 Å². The summed E-state index contributed by atoms with van der Waals surface area (Å²) in [5.41, 5.74) is 0.930. The topological polar surface area (TPSA) is 37.3 Å². The molecule has 18 heavy (non-hydrogen) atoms. The summed E-state index contributed by atoms with van der Waals surface area (Å²) in [6.07, 6.45) is 2.79. The maximum atomic E-state index is 10.5. The van der Waals surface area contributed by atoms with Crippen molar-refractivity contribution in [1.29, 1.82) is 0 Å². The van der Waals surface area contributed by atoms with Crippen molar-refractivity contribution < 1.29 is 9.90 Å². The van der Waals surface area contributed by atoms with E-state index < -0.39 is 14.0 Å². The highest BCUT2D eigenvalue weighted by Crippen LogP contribution is 2.35. The Balaban J connectivity index is 3.00. The Morgan fingerprint density at radius 3 is 2.06 bits per heavy atom. The summed E-state index contributed by atoms with van der Waals surface area (Å²) in [5, 5.41) is 10.3. The first-order chi connectivity index (χ1) is 8.14. The van der Waals surface area contributed by atoms with Crippen molar-refractivity contribution in [2.45, 2.75) is 38.9 Å². The highest BCUT2D eigenvalue weighted by Gasteiger charge is 2.36. The number of rotatable bonds is 3. The van der Waals surface area contributed by atoms with Crippen molar-refractivity contribution in [2.24, 2.45) is 0 Å². The Labute approximate surface area is 110 Å². The van der Waals surface area contributed by atoms with Crippen molar-refractivity contribution in [3.63, 3.8) is 0 Å². The van der Waals surface area contributed by atoms with Crippen LogP contribution < -0.4 is 5.19 Å². The molecule has 1 N–H and O–H groups in total. The molecule has 0 radical (unpaired) electrons. The Bertz CT molecular complexity index is 450. The minimum atomic E-state index is -1.49. The second-order valence-electron chi connectivity index (χ2n) is 6.17. The van der Waals surface area contributed by atoms with Crippen LogP contribution in [0.5, 0.6) is 0 Å². The molecular formula is C15H22O2Si. The van der Waals surface area contributed by atoms with Crippen LogP contribution in [0.25, 0.3) is 6.08 Å². The molecule has 0 saturated carbocycles. The van der Waals surface area contributed by atoms with Gasteiger partial charge in [0.15, 0.2) is 0 Å². The summed E-state index contributed by atoms with van der Waals surface area (Å²) in [6.45, 7) is 11.6. The minimum absolute atomic E-state index is 0.311. The third-order valence-corrected chi connectivity index (χ3v) is 9.45. The van der Waals surface area contributed by atoms with Gasteiger partial charge >= 0.3 is 5.97 Å². The summed E-state index contributed by atoms with van der Waals surface area (Å²) >= 11 is 0. The maximum Gasteiger partial charge on any atom is 0.328 e. The van der Waals surface area contributed by atoms with E-state index in [0.717, 1.165) is 5.56 Å². The lowest BCUT2D eigenvalue weighted by atomic mass is 10.2. The second kappa shape index (κ2) is 5.10. The minimum Gasteiger partial charge on any atom is -0.478 e. The molecule has 1 aromatic rings. The van der Waals surface area contributed by atoms with Gasteiger partial charge in [-0.1, -0.05) is 63.3 Å². The zero-order valence-electron chi connectivity index (χ0n) is 11.8. The van der Waals surface area contributed by atoms with Crippen molar-refractivity contribution in [2.75, 3.05) is 0 Å². The average Bonchev–Trinajstić information content (AvgIpc) is 2.25. The van der Waals surface area contributed by atoms with Crippen LogP contribution in [0.3, 0.4) is 0 Å². The third kappa shape index (κ3) is 3.32. The number of aliphatic carboxylic acids is 1. The normalized spacial score (nSPS) is 12.9. The number of carboxylic acids is 1. The predicted octanol–water partition coefficient (Wildman–Crippen LogP) is 3.50. The van der Waals surface area contributed by atoms with E-state index in [2.05, 4.69) is 46.0 Å². The van der Waals surface area contributed by atoms with Gasteiger partial charge in [0.2, 0.25) is 0 Å². The first kappa shape index (κ1) is 14.7. The summed E-state index contributed by atoms with van der Waals surface area (Å²) in [4.78, 5) is 10.5. The van der Waals surface area contributed by atoms with Crippen LogP contribution in [0.15, 0.2) is 30.3 Å². The van der Waals surface area contributed by atoms with Gasteiger partial charge < -0.3 is 5.11 Å². The van der Waals surface area contributed by atoms with Crippen LogP contribution in [-0.2, 0) is 4.79 Å². The first-order valence-electron chi connectivity index (χ1n) is 6.16. The quantitative estimate of drug-likeness (QED) is 0.668. The number of hydrogen-bond acceptors (Lipinski definition) is 1. The standard InChI is InChI=1S/C15H22O2Si/c1-15(2,3)18(4,5)13-9-6-12(7-10-13)8-11-14(16)17/h6-11H,1-5H3,(H,16,17). The summed E-state index contributed by atoms with van der Waals surface area (Å²) in [7, 11) is -1.49. The lowest BCUT2D eigenvalue weighted by Gasteiger charge is -2.37. The van der Waals surface area contributed by atoms with Crippen LogP contribution in [0.4, 0.5) is 0 Å². The fourth-order valence-corrected chi connectivity index (χ4v) is 3.48. The molecule has 0 aliphatic rings. The van der Waals surface area contributed by atoms with Gasteiger partial charge in [-0.2, -0.15) is 0 Å². The number of hydrogen-bond donors (Lipinski definition) is 1. The summed E-state index contributed by atoms with van der Waals surface area (Å²) in [5.74, 6) is -0.913. The number of carboxylic acid groups (broad SMARTS) is 1. The van der Waals surface area contributed by atoms with Gasteiger partial charge in [-0.15, -0.1) is 0 Å². The molecule has 1 aromatic carbocycles. The summed E-state index contributed by atoms with van der Waals surface area (Å²) < 4.78 is 0. The Morgan fingerprint density at radius 1 is 1.17 bits per heavy atom. The lowest BCUT2D eigenvalue weighted by molar-refractivity contribution is -0.131. The molecule has 0 spiro atoms. The van der Waals surface area contributed by atoms with Crippen LogP contribution >= 0.6 is 0 Å². The van der Waals surface area contributed by atoms with E-state index in [0.29, 0.717) is 5.04 Å². The highest BCUT2D eigenvalue weighted by molar-refractivity contribution is 6.92. The largest absolute Gasteiger partial charge is 0.478 e. The molecule has 2 nitrogen and oxygen atoms in total. The van der Waals surface area contributed by atoms with Crippen LogP contribution in [0, 0.1) is 0 Å². The van der Waals surface area contributed by atoms with E-state index in [1.165, 1.54) is 11.3 Å².